The Bertz CT molecular complexity index is 671. The van der Waals surface area contributed by atoms with Gasteiger partial charge in [-0.15, -0.1) is 0 Å². The molecule has 0 unspecified atom stereocenters. The molecular formula is C18H19F2NO2. The number of benzene rings is 2. The van der Waals surface area contributed by atoms with Gasteiger partial charge in [0.2, 0.25) is 5.91 Å². The van der Waals surface area contributed by atoms with Gasteiger partial charge in [-0.3, -0.25) is 4.79 Å². The molecule has 122 valence electrons. The number of hydrogen-bond acceptors (Lipinski definition) is 2. The molecule has 0 atom stereocenters. The van der Waals surface area contributed by atoms with E-state index in [0.717, 1.165) is 17.7 Å². The van der Waals surface area contributed by atoms with E-state index in [-0.39, 0.29) is 12.0 Å². The highest BCUT2D eigenvalue weighted by Gasteiger charge is 2.13. The first-order valence-corrected chi connectivity index (χ1v) is 7.26. The van der Waals surface area contributed by atoms with Gasteiger partial charge in [0.05, 0.1) is 6.42 Å². The van der Waals surface area contributed by atoms with E-state index in [1.54, 1.807) is 24.3 Å². The molecule has 0 heterocycles. The Morgan fingerprint density at radius 1 is 1.04 bits per heavy atom. The highest BCUT2D eigenvalue weighted by Crippen LogP contribution is 2.20. The number of carbonyl (C=O) groups excluding carboxylic acids is 1. The number of para-hydroxylation sites is 1. The number of carbonyl (C=O) groups is 1. The van der Waals surface area contributed by atoms with Crippen molar-refractivity contribution in [3.63, 3.8) is 0 Å². The van der Waals surface area contributed by atoms with Gasteiger partial charge in [-0.1, -0.05) is 18.2 Å². The van der Waals surface area contributed by atoms with E-state index in [0.29, 0.717) is 5.75 Å². The first-order chi connectivity index (χ1) is 10.7. The minimum atomic E-state index is -0.799. The van der Waals surface area contributed by atoms with Gasteiger partial charge in [-0.25, -0.2) is 8.78 Å². The third-order valence-corrected chi connectivity index (χ3v) is 2.94. The molecule has 0 spiro atoms. The summed E-state index contributed by atoms with van der Waals surface area (Å²) in [5.74, 6) is -1.39. The second kappa shape index (κ2) is 6.77. The summed E-state index contributed by atoms with van der Waals surface area (Å²) in [4.78, 5) is 11.9. The summed E-state index contributed by atoms with van der Waals surface area (Å²) in [6, 6.07) is 10.5. The summed E-state index contributed by atoms with van der Waals surface area (Å²) in [6.45, 7) is 5.83. The fourth-order valence-corrected chi connectivity index (χ4v) is 2.02. The van der Waals surface area contributed by atoms with E-state index in [1.165, 1.54) is 6.07 Å². The lowest BCUT2D eigenvalue weighted by atomic mass is 10.1. The van der Waals surface area contributed by atoms with E-state index >= 15 is 0 Å². The van der Waals surface area contributed by atoms with Crippen molar-refractivity contribution in [2.75, 3.05) is 5.32 Å². The summed E-state index contributed by atoms with van der Waals surface area (Å²) < 4.78 is 32.7. The minimum Gasteiger partial charge on any atom is -0.488 e. The predicted molar refractivity (Wildman–Crippen MR) is 85.5 cm³/mol. The monoisotopic (exact) mass is 319 g/mol. The molecule has 2 rings (SSSR count). The third-order valence-electron chi connectivity index (χ3n) is 2.94. The Hall–Kier alpha value is -2.43. The zero-order chi connectivity index (χ0) is 17.0. The average molecular weight is 319 g/mol. The molecule has 5 heteroatoms. The van der Waals surface area contributed by atoms with E-state index < -0.39 is 23.2 Å². The molecule has 0 aliphatic heterocycles. The quantitative estimate of drug-likeness (QED) is 0.911. The fraction of sp³-hybridized carbons (Fsp3) is 0.278. The van der Waals surface area contributed by atoms with E-state index in [1.807, 2.05) is 20.8 Å². The van der Waals surface area contributed by atoms with Gasteiger partial charge in [-0.05, 0) is 50.6 Å². The third kappa shape index (κ3) is 5.06. The summed E-state index contributed by atoms with van der Waals surface area (Å²) in [7, 11) is 0. The van der Waals surface area contributed by atoms with Crippen molar-refractivity contribution in [2.24, 2.45) is 0 Å². The molecule has 0 aromatic heterocycles. The fourth-order valence-electron chi connectivity index (χ4n) is 2.02. The van der Waals surface area contributed by atoms with Gasteiger partial charge < -0.3 is 10.1 Å². The largest absolute Gasteiger partial charge is 0.488 e. The zero-order valence-electron chi connectivity index (χ0n) is 13.3. The lowest BCUT2D eigenvalue weighted by Gasteiger charge is -2.21. The highest BCUT2D eigenvalue weighted by molar-refractivity contribution is 5.92. The number of hydrogen-bond donors (Lipinski definition) is 1. The SMILES string of the molecule is CC(C)(C)Oc1ccc(CC(=O)Nc2c(F)cccc2F)cc1. The number of amides is 1. The Morgan fingerprint density at radius 3 is 2.13 bits per heavy atom. The molecule has 0 fully saturated rings. The molecule has 0 saturated heterocycles. The highest BCUT2D eigenvalue weighted by atomic mass is 19.1. The molecule has 0 aliphatic carbocycles. The second-order valence-electron chi connectivity index (χ2n) is 6.18. The Morgan fingerprint density at radius 2 is 1.61 bits per heavy atom. The van der Waals surface area contributed by atoms with Gasteiger partial charge in [0.1, 0.15) is 28.7 Å². The van der Waals surface area contributed by atoms with Gasteiger partial charge >= 0.3 is 0 Å². The summed E-state index contributed by atoms with van der Waals surface area (Å²) in [6.07, 6.45) is 0.0174. The van der Waals surface area contributed by atoms with Crippen LogP contribution in [0.25, 0.3) is 0 Å². The minimum absolute atomic E-state index is 0.0174. The van der Waals surface area contributed by atoms with Crippen LogP contribution in [0.2, 0.25) is 0 Å². The molecule has 2 aromatic carbocycles. The standard InChI is InChI=1S/C18H19F2NO2/c1-18(2,3)23-13-9-7-12(8-10-13)11-16(22)21-17-14(19)5-4-6-15(17)20/h4-10H,11H2,1-3H3,(H,21,22). The normalized spacial score (nSPS) is 11.2. The van der Waals surface area contributed by atoms with Gasteiger partial charge in [0.15, 0.2) is 0 Å². The Balaban J connectivity index is 2.00. The molecule has 0 saturated carbocycles. The van der Waals surface area contributed by atoms with Crippen molar-refractivity contribution in [2.45, 2.75) is 32.8 Å². The topological polar surface area (TPSA) is 38.3 Å². The van der Waals surface area contributed by atoms with Gasteiger partial charge in [0, 0.05) is 0 Å². The lowest BCUT2D eigenvalue weighted by Crippen LogP contribution is -2.22. The number of rotatable bonds is 4. The Labute approximate surface area is 134 Å². The van der Waals surface area contributed by atoms with Crippen LogP contribution in [0.1, 0.15) is 26.3 Å². The van der Waals surface area contributed by atoms with Crippen molar-refractivity contribution in [1.29, 1.82) is 0 Å². The van der Waals surface area contributed by atoms with Crippen LogP contribution >= 0.6 is 0 Å². The first kappa shape index (κ1) is 16.9. The van der Waals surface area contributed by atoms with Crippen LogP contribution in [0.5, 0.6) is 5.75 Å². The summed E-state index contributed by atoms with van der Waals surface area (Å²) >= 11 is 0. The van der Waals surface area contributed by atoms with Crippen molar-refractivity contribution < 1.29 is 18.3 Å². The maximum absolute atomic E-state index is 13.5. The van der Waals surface area contributed by atoms with E-state index in [2.05, 4.69) is 5.32 Å². The van der Waals surface area contributed by atoms with Crippen LogP contribution in [-0.2, 0) is 11.2 Å². The smallest absolute Gasteiger partial charge is 0.228 e. The first-order valence-electron chi connectivity index (χ1n) is 7.26. The van der Waals surface area contributed by atoms with Crippen LogP contribution in [0.3, 0.4) is 0 Å². The van der Waals surface area contributed by atoms with Crippen molar-refractivity contribution in [1.82, 2.24) is 0 Å². The van der Waals surface area contributed by atoms with Gasteiger partial charge in [-0.2, -0.15) is 0 Å². The summed E-state index contributed by atoms with van der Waals surface area (Å²) in [5, 5.41) is 2.26. The van der Waals surface area contributed by atoms with Gasteiger partial charge in [0.25, 0.3) is 0 Å². The van der Waals surface area contributed by atoms with E-state index in [9.17, 15) is 13.6 Å². The van der Waals surface area contributed by atoms with Crippen LogP contribution in [0, 0.1) is 11.6 Å². The molecular weight excluding hydrogens is 300 g/mol. The number of ether oxygens (including phenoxy) is 1. The van der Waals surface area contributed by atoms with Crippen LogP contribution in [0.15, 0.2) is 42.5 Å². The lowest BCUT2D eigenvalue weighted by molar-refractivity contribution is -0.115. The molecule has 23 heavy (non-hydrogen) atoms. The molecule has 0 radical (unpaired) electrons. The summed E-state index contributed by atoms with van der Waals surface area (Å²) in [5.41, 5.74) is -0.00737. The maximum atomic E-state index is 13.5. The number of nitrogens with one attached hydrogen (secondary N) is 1. The second-order valence-corrected chi connectivity index (χ2v) is 6.18. The van der Waals surface area contributed by atoms with Crippen LogP contribution < -0.4 is 10.1 Å². The Kier molecular flexibility index (Phi) is 4.98. The van der Waals surface area contributed by atoms with Crippen molar-refractivity contribution in [3.8, 4) is 5.75 Å². The molecule has 1 amide bonds. The average Bonchev–Trinajstić information content (AvgIpc) is 2.44. The molecule has 2 aromatic rings. The molecule has 0 aliphatic rings. The maximum Gasteiger partial charge on any atom is 0.228 e. The number of halogens is 2. The zero-order valence-corrected chi connectivity index (χ0v) is 13.3. The molecule has 0 bridgehead atoms. The van der Waals surface area contributed by atoms with Crippen molar-refractivity contribution in [3.05, 3.63) is 59.7 Å². The molecule has 1 N–H and O–H groups in total. The van der Waals surface area contributed by atoms with E-state index in [4.69, 9.17) is 4.74 Å². The van der Waals surface area contributed by atoms with Crippen LogP contribution in [-0.4, -0.2) is 11.5 Å². The van der Waals surface area contributed by atoms with Crippen molar-refractivity contribution >= 4 is 11.6 Å². The number of anilines is 1. The predicted octanol–water partition coefficient (Wildman–Crippen LogP) is 4.32. The van der Waals surface area contributed by atoms with Crippen LogP contribution in [0.4, 0.5) is 14.5 Å². The molecule has 3 nitrogen and oxygen atoms in total.